The van der Waals surface area contributed by atoms with Gasteiger partial charge in [-0.1, -0.05) is 12.2 Å². The Labute approximate surface area is 118 Å². The van der Waals surface area contributed by atoms with Crippen molar-refractivity contribution >= 4 is 17.2 Å². The lowest BCUT2D eigenvalue weighted by molar-refractivity contribution is 0.621. The van der Waals surface area contributed by atoms with Crippen LogP contribution in [0.3, 0.4) is 0 Å². The zero-order valence-corrected chi connectivity index (χ0v) is 11.5. The molecule has 0 spiro atoms. The number of hydrogen-bond acceptors (Lipinski definition) is 3. The van der Waals surface area contributed by atoms with E-state index in [4.69, 9.17) is 18.0 Å². The maximum atomic E-state index is 13.5. The van der Waals surface area contributed by atoms with Gasteiger partial charge in [-0.3, -0.25) is 14.3 Å². The Kier molecular flexibility index (Phi) is 3.80. The van der Waals surface area contributed by atoms with Gasteiger partial charge >= 0.3 is 5.69 Å². The van der Waals surface area contributed by atoms with E-state index in [9.17, 15) is 14.0 Å². The van der Waals surface area contributed by atoms with Crippen molar-refractivity contribution in [2.75, 3.05) is 0 Å². The van der Waals surface area contributed by atoms with Gasteiger partial charge in [0.1, 0.15) is 10.8 Å². The molecular formula is C13H12FN3O2S. The molecule has 0 aliphatic heterocycles. The Bertz CT molecular complexity index is 795. The Balaban J connectivity index is 2.45. The first kappa shape index (κ1) is 14.1. The molecule has 0 aliphatic rings. The molecule has 20 heavy (non-hydrogen) atoms. The van der Waals surface area contributed by atoms with E-state index in [1.807, 2.05) is 0 Å². The summed E-state index contributed by atoms with van der Waals surface area (Å²) in [6.07, 6.45) is 1.42. The molecule has 0 unspecified atom stereocenters. The van der Waals surface area contributed by atoms with Gasteiger partial charge in [0.25, 0.3) is 5.56 Å². The van der Waals surface area contributed by atoms with Crippen molar-refractivity contribution in [3.63, 3.8) is 0 Å². The van der Waals surface area contributed by atoms with E-state index in [1.54, 1.807) is 13.0 Å². The van der Waals surface area contributed by atoms with Crippen LogP contribution in [0.4, 0.5) is 4.39 Å². The van der Waals surface area contributed by atoms with Crippen molar-refractivity contribution in [2.45, 2.75) is 13.5 Å². The molecule has 1 heterocycles. The summed E-state index contributed by atoms with van der Waals surface area (Å²) in [5, 5.41) is 0. The van der Waals surface area contributed by atoms with Crippen LogP contribution >= 0.6 is 12.2 Å². The molecule has 0 radical (unpaired) electrons. The third-order valence-corrected chi connectivity index (χ3v) is 3.02. The molecule has 1 aromatic carbocycles. The average molecular weight is 293 g/mol. The number of thiocarbonyl (C=S) groups is 1. The SMILES string of the molecule is Cc1cn(Cc2cc(F)cc(C(N)=S)c2)c(=O)[nH]c1=O. The molecule has 0 saturated heterocycles. The van der Waals surface area contributed by atoms with Crippen LogP contribution in [-0.2, 0) is 6.54 Å². The molecule has 1 aromatic heterocycles. The number of benzene rings is 1. The lowest BCUT2D eigenvalue weighted by Gasteiger charge is -2.08. The van der Waals surface area contributed by atoms with Crippen LogP contribution in [-0.4, -0.2) is 14.5 Å². The Hall–Kier alpha value is -2.28. The van der Waals surface area contributed by atoms with E-state index in [2.05, 4.69) is 4.98 Å². The van der Waals surface area contributed by atoms with Gasteiger partial charge in [-0.2, -0.15) is 0 Å². The number of aryl methyl sites for hydroxylation is 1. The van der Waals surface area contributed by atoms with Gasteiger partial charge in [0.15, 0.2) is 0 Å². The van der Waals surface area contributed by atoms with E-state index in [0.717, 1.165) is 0 Å². The van der Waals surface area contributed by atoms with Gasteiger partial charge in [-0.05, 0) is 30.7 Å². The summed E-state index contributed by atoms with van der Waals surface area (Å²) in [5.41, 5.74) is 5.80. The highest BCUT2D eigenvalue weighted by Crippen LogP contribution is 2.10. The number of hydrogen-bond donors (Lipinski definition) is 2. The Morgan fingerprint density at radius 3 is 2.75 bits per heavy atom. The van der Waals surface area contributed by atoms with E-state index >= 15 is 0 Å². The second kappa shape index (κ2) is 5.38. The van der Waals surface area contributed by atoms with Gasteiger partial charge in [-0.15, -0.1) is 0 Å². The normalized spacial score (nSPS) is 10.5. The highest BCUT2D eigenvalue weighted by atomic mass is 32.1. The Morgan fingerprint density at radius 2 is 2.10 bits per heavy atom. The fourth-order valence-corrected chi connectivity index (χ4v) is 1.93. The summed E-state index contributed by atoms with van der Waals surface area (Å²) in [7, 11) is 0. The van der Waals surface area contributed by atoms with Crippen molar-refractivity contribution in [3.05, 3.63) is 67.7 Å². The molecule has 5 nitrogen and oxygen atoms in total. The van der Waals surface area contributed by atoms with Crippen LogP contribution in [0.1, 0.15) is 16.7 Å². The molecule has 104 valence electrons. The lowest BCUT2D eigenvalue weighted by atomic mass is 10.1. The topological polar surface area (TPSA) is 80.9 Å². The standard InChI is InChI=1S/C13H12FN3O2S/c1-7-5-17(13(19)16-12(7)18)6-8-2-9(11(15)20)4-10(14)3-8/h2-5H,6H2,1H3,(H2,15,20)(H,16,18,19). The number of nitrogens with zero attached hydrogens (tertiary/aromatic N) is 1. The molecular weight excluding hydrogens is 281 g/mol. The van der Waals surface area contributed by atoms with Gasteiger partial charge in [-0.25, -0.2) is 9.18 Å². The van der Waals surface area contributed by atoms with Crippen molar-refractivity contribution < 1.29 is 4.39 Å². The second-order valence-electron chi connectivity index (χ2n) is 4.41. The summed E-state index contributed by atoms with van der Waals surface area (Å²) in [4.78, 5) is 25.2. The molecule has 0 atom stereocenters. The minimum Gasteiger partial charge on any atom is -0.389 e. The summed E-state index contributed by atoms with van der Waals surface area (Å²) < 4.78 is 14.8. The van der Waals surface area contributed by atoms with E-state index in [0.29, 0.717) is 16.7 Å². The maximum absolute atomic E-state index is 13.5. The molecule has 2 aromatic rings. The fraction of sp³-hybridized carbons (Fsp3) is 0.154. The lowest BCUT2D eigenvalue weighted by Crippen LogP contribution is -2.31. The second-order valence-corrected chi connectivity index (χ2v) is 4.85. The van der Waals surface area contributed by atoms with Crippen LogP contribution < -0.4 is 17.0 Å². The summed E-state index contributed by atoms with van der Waals surface area (Å²) in [5.74, 6) is -0.487. The molecule has 0 amide bonds. The van der Waals surface area contributed by atoms with Crippen LogP contribution in [0.25, 0.3) is 0 Å². The molecule has 0 fully saturated rings. The third-order valence-electron chi connectivity index (χ3n) is 2.78. The average Bonchev–Trinajstić information content (AvgIpc) is 2.35. The summed E-state index contributed by atoms with van der Waals surface area (Å²) in [6, 6.07) is 4.12. The zero-order valence-electron chi connectivity index (χ0n) is 10.6. The molecule has 0 bridgehead atoms. The van der Waals surface area contributed by atoms with Crippen LogP contribution in [0, 0.1) is 12.7 Å². The largest absolute Gasteiger partial charge is 0.389 e. The van der Waals surface area contributed by atoms with Crippen molar-refractivity contribution in [1.82, 2.24) is 9.55 Å². The van der Waals surface area contributed by atoms with Crippen molar-refractivity contribution in [2.24, 2.45) is 5.73 Å². The monoisotopic (exact) mass is 293 g/mol. The molecule has 7 heteroatoms. The fourth-order valence-electron chi connectivity index (χ4n) is 1.82. The smallest absolute Gasteiger partial charge is 0.328 e. The van der Waals surface area contributed by atoms with Gasteiger partial charge in [0.05, 0.1) is 6.54 Å². The minimum atomic E-state index is -0.554. The number of H-pyrrole nitrogens is 1. The van der Waals surface area contributed by atoms with Crippen LogP contribution in [0.15, 0.2) is 34.0 Å². The van der Waals surface area contributed by atoms with Gasteiger partial charge in [0.2, 0.25) is 0 Å². The highest BCUT2D eigenvalue weighted by Gasteiger charge is 2.06. The number of rotatable bonds is 3. The highest BCUT2D eigenvalue weighted by molar-refractivity contribution is 7.80. The maximum Gasteiger partial charge on any atom is 0.328 e. The van der Waals surface area contributed by atoms with Gasteiger partial charge < -0.3 is 5.73 Å². The predicted molar refractivity (Wildman–Crippen MR) is 77.4 cm³/mol. The van der Waals surface area contributed by atoms with Crippen molar-refractivity contribution in [3.8, 4) is 0 Å². The molecule has 3 N–H and O–H groups in total. The Morgan fingerprint density at radius 1 is 1.40 bits per heavy atom. The van der Waals surface area contributed by atoms with E-state index < -0.39 is 17.1 Å². The predicted octanol–water partition coefficient (Wildman–Crippen LogP) is 0.667. The minimum absolute atomic E-state index is 0.0794. The van der Waals surface area contributed by atoms with Crippen LogP contribution in [0.2, 0.25) is 0 Å². The van der Waals surface area contributed by atoms with Crippen molar-refractivity contribution in [1.29, 1.82) is 0 Å². The zero-order chi connectivity index (χ0) is 14.9. The molecule has 0 aliphatic carbocycles. The van der Waals surface area contributed by atoms with Gasteiger partial charge in [0, 0.05) is 17.3 Å². The summed E-state index contributed by atoms with van der Waals surface area (Å²) >= 11 is 4.80. The molecule has 0 saturated carbocycles. The van der Waals surface area contributed by atoms with E-state index in [1.165, 1.54) is 22.9 Å². The number of aromatic nitrogens is 2. The first-order valence-electron chi connectivity index (χ1n) is 5.76. The quantitative estimate of drug-likeness (QED) is 0.815. The number of nitrogens with two attached hydrogens (primary N) is 1. The number of halogens is 1. The first-order valence-corrected chi connectivity index (χ1v) is 6.17. The molecule has 2 rings (SSSR count). The van der Waals surface area contributed by atoms with E-state index in [-0.39, 0.29) is 11.5 Å². The third kappa shape index (κ3) is 3.00. The first-order chi connectivity index (χ1) is 9.36. The number of nitrogens with one attached hydrogen (secondary N) is 1. The van der Waals surface area contributed by atoms with Crippen LogP contribution in [0.5, 0.6) is 0 Å². The number of aromatic amines is 1. The summed E-state index contributed by atoms with van der Waals surface area (Å²) in [6.45, 7) is 1.70.